The van der Waals surface area contributed by atoms with Crippen LogP contribution in [0.4, 0.5) is 5.69 Å². The van der Waals surface area contributed by atoms with Gasteiger partial charge in [-0.1, -0.05) is 30.3 Å². The average molecular weight is 469 g/mol. The van der Waals surface area contributed by atoms with E-state index in [4.69, 9.17) is 9.47 Å². The molecule has 0 unspecified atom stereocenters. The predicted molar refractivity (Wildman–Crippen MR) is 129 cm³/mol. The zero-order valence-corrected chi connectivity index (χ0v) is 19.9. The van der Waals surface area contributed by atoms with Crippen LogP contribution in [-0.2, 0) is 16.6 Å². The smallest absolute Gasteiger partial charge is 0.251 e. The number of ether oxygens (including phenoxy) is 2. The molecule has 1 atom stereocenters. The lowest BCUT2D eigenvalue weighted by Crippen LogP contribution is -2.29. The third-order valence-corrected chi connectivity index (χ3v) is 6.38. The summed E-state index contributed by atoms with van der Waals surface area (Å²) in [5.74, 6) is 1.08. The number of methoxy groups -OCH3 is 2. The topological polar surface area (TPSA) is 84.9 Å². The van der Waals surface area contributed by atoms with Crippen LogP contribution < -0.4 is 19.1 Å². The lowest BCUT2D eigenvalue weighted by atomic mass is 10.1. The van der Waals surface area contributed by atoms with E-state index < -0.39 is 10.0 Å². The lowest BCUT2D eigenvalue weighted by molar-refractivity contribution is 0.0939. The zero-order chi connectivity index (χ0) is 24.0. The quantitative estimate of drug-likeness (QED) is 0.510. The number of benzene rings is 3. The summed E-state index contributed by atoms with van der Waals surface area (Å²) in [7, 11) is -0.310. The molecule has 3 aromatic rings. The van der Waals surface area contributed by atoms with Crippen molar-refractivity contribution >= 4 is 21.6 Å². The summed E-state index contributed by atoms with van der Waals surface area (Å²) in [6.45, 7) is 2.04. The molecule has 0 aliphatic carbocycles. The van der Waals surface area contributed by atoms with Crippen LogP contribution in [0.5, 0.6) is 11.5 Å². The number of carbonyl (C=O) groups is 1. The van der Waals surface area contributed by atoms with E-state index >= 15 is 0 Å². The van der Waals surface area contributed by atoms with E-state index in [2.05, 4.69) is 5.32 Å². The van der Waals surface area contributed by atoms with Crippen molar-refractivity contribution in [2.24, 2.45) is 0 Å². The van der Waals surface area contributed by atoms with Gasteiger partial charge in [-0.2, -0.15) is 0 Å². The minimum Gasteiger partial charge on any atom is -0.497 e. The molecule has 0 saturated carbocycles. The number of carbonyl (C=O) groups excluding carboxylic acids is 1. The van der Waals surface area contributed by atoms with Crippen LogP contribution in [0, 0.1) is 0 Å². The molecule has 0 saturated heterocycles. The van der Waals surface area contributed by atoms with Crippen molar-refractivity contribution in [3.8, 4) is 11.5 Å². The molecule has 0 fully saturated rings. The van der Waals surface area contributed by atoms with Gasteiger partial charge in [-0.3, -0.25) is 9.10 Å². The van der Waals surface area contributed by atoms with Gasteiger partial charge in [0.15, 0.2) is 0 Å². The molecule has 174 valence electrons. The van der Waals surface area contributed by atoms with E-state index in [0.29, 0.717) is 22.7 Å². The number of hydrogen-bond acceptors (Lipinski definition) is 5. The van der Waals surface area contributed by atoms with Gasteiger partial charge in [0.05, 0.1) is 38.7 Å². The molecule has 0 aliphatic rings. The Kier molecular flexibility index (Phi) is 7.60. The van der Waals surface area contributed by atoms with E-state index in [1.807, 2.05) is 19.1 Å². The summed E-state index contributed by atoms with van der Waals surface area (Å²) in [5, 5.41) is 2.97. The van der Waals surface area contributed by atoms with Gasteiger partial charge >= 0.3 is 0 Å². The minimum atomic E-state index is -3.47. The largest absolute Gasteiger partial charge is 0.497 e. The molecule has 0 heterocycles. The molecule has 0 aromatic heterocycles. The maximum absolute atomic E-state index is 12.8. The first-order chi connectivity index (χ1) is 15.7. The molecular formula is C25H28N2O5S. The highest BCUT2D eigenvalue weighted by atomic mass is 32.2. The summed E-state index contributed by atoms with van der Waals surface area (Å²) in [5.41, 5.74) is 2.62. The Morgan fingerprint density at radius 3 is 2.21 bits per heavy atom. The number of para-hydroxylation sites is 1. The third-order valence-electron chi connectivity index (χ3n) is 5.24. The van der Waals surface area contributed by atoms with E-state index in [-0.39, 0.29) is 18.5 Å². The van der Waals surface area contributed by atoms with Crippen molar-refractivity contribution in [3.63, 3.8) is 0 Å². The highest BCUT2D eigenvalue weighted by Crippen LogP contribution is 2.29. The molecule has 3 rings (SSSR count). The van der Waals surface area contributed by atoms with Gasteiger partial charge < -0.3 is 14.8 Å². The summed E-state index contributed by atoms with van der Waals surface area (Å²) in [6.07, 6.45) is 1.18. The van der Waals surface area contributed by atoms with Crippen LogP contribution in [0.2, 0.25) is 0 Å². The number of sulfonamides is 1. The minimum absolute atomic E-state index is 0.169. The molecule has 8 heteroatoms. The molecule has 0 radical (unpaired) electrons. The van der Waals surface area contributed by atoms with Crippen molar-refractivity contribution in [2.75, 3.05) is 24.8 Å². The highest BCUT2D eigenvalue weighted by Gasteiger charge is 2.19. The number of rotatable bonds is 9. The standard InChI is InChI=1S/C25H28N2O5S/c1-18(23-16-22(31-2)14-15-24(23)32-3)26-25(28)20-12-10-19(11-13-20)17-27(33(4,29)30)21-8-6-5-7-9-21/h5-16,18H,17H2,1-4H3,(H,26,28)/t18-/m1/s1. The maximum Gasteiger partial charge on any atom is 0.251 e. The Bertz CT molecular complexity index is 1200. The molecule has 0 spiro atoms. The first-order valence-corrected chi connectivity index (χ1v) is 12.2. The summed E-state index contributed by atoms with van der Waals surface area (Å²) >= 11 is 0. The van der Waals surface area contributed by atoms with Gasteiger partial charge in [0, 0.05) is 11.1 Å². The van der Waals surface area contributed by atoms with Crippen LogP contribution in [-0.4, -0.2) is 34.8 Å². The maximum atomic E-state index is 12.8. The fourth-order valence-corrected chi connectivity index (χ4v) is 4.35. The summed E-state index contributed by atoms with van der Waals surface area (Å²) < 4.78 is 36.6. The molecule has 33 heavy (non-hydrogen) atoms. The Balaban J connectivity index is 1.74. The molecule has 0 aliphatic heterocycles. The first kappa shape index (κ1) is 24.1. The van der Waals surface area contributed by atoms with E-state index in [0.717, 1.165) is 11.1 Å². The zero-order valence-electron chi connectivity index (χ0n) is 19.1. The molecule has 7 nitrogen and oxygen atoms in total. The molecule has 3 aromatic carbocycles. The summed E-state index contributed by atoms with van der Waals surface area (Å²) in [4.78, 5) is 12.8. The predicted octanol–water partition coefficient (Wildman–Crippen LogP) is 4.16. The molecular weight excluding hydrogens is 440 g/mol. The van der Waals surface area contributed by atoms with Gasteiger partial charge in [-0.05, 0) is 55.0 Å². The van der Waals surface area contributed by atoms with E-state index in [1.54, 1.807) is 74.9 Å². The van der Waals surface area contributed by atoms with Crippen molar-refractivity contribution in [3.05, 3.63) is 89.5 Å². The van der Waals surface area contributed by atoms with Gasteiger partial charge in [0.1, 0.15) is 11.5 Å². The van der Waals surface area contributed by atoms with Crippen molar-refractivity contribution in [1.82, 2.24) is 5.32 Å². The van der Waals surface area contributed by atoms with Gasteiger partial charge in [-0.25, -0.2) is 8.42 Å². The van der Waals surface area contributed by atoms with E-state index in [1.165, 1.54) is 10.6 Å². The number of hydrogen-bond donors (Lipinski definition) is 1. The number of nitrogens with one attached hydrogen (secondary N) is 1. The Morgan fingerprint density at radius 2 is 1.64 bits per heavy atom. The molecule has 0 bridgehead atoms. The highest BCUT2D eigenvalue weighted by molar-refractivity contribution is 7.92. The van der Waals surface area contributed by atoms with Crippen LogP contribution in [0.25, 0.3) is 0 Å². The van der Waals surface area contributed by atoms with Gasteiger partial charge in [-0.15, -0.1) is 0 Å². The SMILES string of the molecule is COc1ccc(OC)c([C@@H](C)NC(=O)c2ccc(CN(c3ccccc3)S(C)(=O)=O)cc2)c1. The second-order valence-electron chi connectivity index (χ2n) is 7.61. The van der Waals surface area contributed by atoms with Crippen LogP contribution in [0.1, 0.15) is 34.5 Å². The van der Waals surface area contributed by atoms with Crippen molar-refractivity contribution in [1.29, 1.82) is 0 Å². The number of amides is 1. The third kappa shape index (κ3) is 6.04. The van der Waals surface area contributed by atoms with Crippen molar-refractivity contribution in [2.45, 2.75) is 19.5 Å². The Labute approximate surface area is 195 Å². The normalized spacial score (nSPS) is 12.0. The van der Waals surface area contributed by atoms with Gasteiger partial charge in [0.25, 0.3) is 5.91 Å². The fourth-order valence-electron chi connectivity index (χ4n) is 3.46. The van der Waals surface area contributed by atoms with Gasteiger partial charge in [0.2, 0.25) is 10.0 Å². The monoisotopic (exact) mass is 468 g/mol. The average Bonchev–Trinajstić information content (AvgIpc) is 2.82. The Morgan fingerprint density at radius 1 is 0.970 bits per heavy atom. The fraction of sp³-hybridized carbons (Fsp3) is 0.240. The lowest BCUT2D eigenvalue weighted by Gasteiger charge is -2.22. The van der Waals surface area contributed by atoms with Crippen LogP contribution >= 0.6 is 0 Å². The Hall–Kier alpha value is -3.52. The molecule has 1 amide bonds. The van der Waals surface area contributed by atoms with Crippen LogP contribution in [0.15, 0.2) is 72.8 Å². The first-order valence-electron chi connectivity index (χ1n) is 10.4. The van der Waals surface area contributed by atoms with E-state index in [9.17, 15) is 13.2 Å². The number of nitrogens with zero attached hydrogens (tertiary/aromatic N) is 1. The van der Waals surface area contributed by atoms with Crippen LogP contribution in [0.3, 0.4) is 0 Å². The second-order valence-corrected chi connectivity index (χ2v) is 9.51. The van der Waals surface area contributed by atoms with Crippen molar-refractivity contribution < 1.29 is 22.7 Å². The summed E-state index contributed by atoms with van der Waals surface area (Å²) in [6, 6.07) is 20.9. The second kappa shape index (κ2) is 10.4. The number of anilines is 1. The molecule has 1 N–H and O–H groups in total.